The zero-order chi connectivity index (χ0) is 20.0. The number of aliphatic hydroxyl groups is 1. The number of nitrogens with zero attached hydrogens (tertiary/aromatic N) is 1. The van der Waals surface area contributed by atoms with E-state index in [-0.39, 0.29) is 6.10 Å². The largest absolute Gasteiger partial charge is 0.387 e. The topological polar surface area (TPSA) is 60.4 Å². The van der Waals surface area contributed by atoms with Gasteiger partial charge < -0.3 is 29.0 Å². The Morgan fingerprint density at radius 2 is 1.71 bits per heavy atom. The lowest BCUT2D eigenvalue weighted by molar-refractivity contribution is -0.279. The maximum absolute atomic E-state index is 10.9. The molecule has 0 amide bonds. The van der Waals surface area contributed by atoms with Crippen molar-refractivity contribution in [3.05, 3.63) is 0 Å². The molecule has 28 heavy (non-hydrogen) atoms. The Kier molecular flexibility index (Phi) is 8.16. The first-order chi connectivity index (χ1) is 13.5. The predicted octanol–water partition coefficient (Wildman–Crippen LogP) is 3.46. The summed E-state index contributed by atoms with van der Waals surface area (Å²) in [5.74, 6) is -1.77. The van der Waals surface area contributed by atoms with E-state index in [9.17, 15) is 5.11 Å². The van der Waals surface area contributed by atoms with Gasteiger partial charge in [-0.15, -0.1) is 0 Å². The maximum atomic E-state index is 10.9. The molecule has 1 N–H and O–H groups in total. The van der Waals surface area contributed by atoms with Gasteiger partial charge in [0.2, 0.25) is 5.79 Å². The van der Waals surface area contributed by atoms with Crippen molar-refractivity contribution < 1.29 is 24.1 Å². The molecule has 3 aliphatic heterocycles. The molecular formula is C22H41NO5. The molecule has 6 nitrogen and oxygen atoms in total. The average molecular weight is 400 g/mol. The van der Waals surface area contributed by atoms with Crippen molar-refractivity contribution in [3.8, 4) is 0 Å². The van der Waals surface area contributed by atoms with Gasteiger partial charge in [-0.1, -0.05) is 45.4 Å². The Hall–Kier alpha value is -0.240. The summed E-state index contributed by atoms with van der Waals surface area (Å²) in [5, 5.41) is 10.9. The molecular weight excluding hydrogens is 358 g/mol. The molecule has 0 bridgehead atoms. The Balaban J connectivity index is 1.53. The summed E-state index contributed by atoms with van der Waals surface area (Å²) in [4.78, 5) is 2.41. The lowest BCUT2D eigenvalue weighted by atomic mass is 10.1. The number of unbranched alkanes of at least 4 members (excludes halogenated alkanes) is 4. The molecule has 0 aromatic carbocycles. The number of likely N-dealkylation sites (tertiary alicyclic amines) is 1. The fourth-order valence-corrected chi connectivity index (χ4v) is 4.72. The first-order valence-corrected chi connectivity index (χ1v) is 11.5. The van der Waals surface area contributed by atoms with E-state index in [4.69, 9.17) is 18.9 Å². The third kappa shape index (κ3) is 5.67. The predicted molar refractivity (Wildman–Crippen MR) is 108 cm³/mol. The second-order valence-electron chi connectivity index (χ2n) is 9.18. The summed E-state index contributed by atoms with van der Waals surface area (Å²) < 4.78 is 24.5. The van der Waals surface area contributed by atoms with Crippen LogP contribution in [0.1, 0.15) is 78.6 Å². The van der Waals surface area contributed by atoms with Crippen LogP contribution >= 0.6 is 0 Å². The molecule has 0 unspecified atom stereocenters. The van der Waals surface area contributed by atoms with Crippen LogP contribution in [-0.4, -0.2) is 72.7 Å². The van der Waals surface area contributed by atoms with Gasteiger partial charge in [-0.25, -0.2) is 0 Å². The highest BCUT2D eigenvalue weighted by atomic mass is 16.9. The van der Waals surface area contributed by atoms with E-state index < -0.39 is 23.8 Å². The van der Waals surface area contributed by atoms with Crippen molar-refractivity contribution in [2.75, 3.05) is 32.8 Å². The van der Waals surface area contributed by atoms with Gasteiger partial charge in [-0.2, -0.15) is 0 Å². The number of rotatable bonds is 10. The van der Waals surface area contributed by atoms with E-state index in [1.807, 2.05) is 13.8 Å². The molecule has 0 saturated carbocycles. The van der Waals surface area contributed by atoms with Crippen molar-refractivity contribution >= 4 is 0 Å². The third-order valence-corrected chi connectivity index (χ3v) is 6.14. The van der Waals surface area contributed by atoms with Crippen LogP contribution in [0, 0.1) is 0 Å². The highest BCUT2D eigenvalue weighted by Crippen LogP contribution is 2.45. The zero-order valence-corrected chi connectivity index (χ0v) is 18.2. The van der Waals surface area contributed by atoms with Gasteiger partial charge in [0.25, 0.3) is 0 Å². The van der Waals surface area contributed by atoms with Crippen molar-refractivity contribution in [1.29, 1.82) is 0 Å². The van der Waals surface area contributed by atoms with Gasteiger partial charge in [-0.05, 0) is 46.2 Å². The molecule has 164 valence electrons. The standard InChI is InChI=1S/C22H41NO5/c1-4-5-6-9-12-15-25-17-22-20(27-21(2,3)28-22)19(24)18(26-22)16-23-13-10-7-8-11-14-23/h18-20,24H,4-17H2,1-3H3/t18-,19+,20-,22-/m0/s1. The van der Waals surface area contributed by atoms with Crippen molar-refractivity contribution in [2.24, 2.45) is 0 Å². The molecule has 3 rings (SSSR count). The summed E-state index contributed by atoms with van der Waals surface area (Å²) in [5.41, 5.74) is 0. The number of hydrogen-bond donors (Lipinski definition) is 1. The molecule has 3 fully saturated rings. The smallest absolute Gasteiger partial charge is 0.224 e. The Morgan fingerprint density at radius 3 is 2.43 bits per heavy atom. The average Bonchev–Trinajstić information content (AvgIpc) is 2.89. The Bertz CT molecular complexity index is 466. The van der Waals surface area contributed by atoms with Crippen LogP contribution in [0.2, 0.25) is 0 Å². The van der Waals surface area contributed by atoms with Crippen LogP contribution in [0.25, 0.3) is 0 Å². The third-order valence-electron chi connectivity index (χ3n) is 6.14. The monoisotopic (exact) mass is 399 g/mol. The van der Waals surface area contributed by atoms with Crippen LogP contribution in [0.5, 0.6) is 0 Å². The van der Waals surface area contributed by atoms with E-state index in [1.165, 1.54) is 51.4 Å². The minimum atomic E-state index is -0.997. The normalized spacial score (nSPS) is 35.8. The van der Waals surface area contributed by atoms with Crippen LogP contribution in [0.3, 0.4) is 0 Å². The van der Waals surface area contributed by atoms with Gasteiger partial charge in [0.1, 0.15) is 24.9 Å². The van der Waals surface area contributed by atoms with E-state index in [1.54, 1.807) is 0 Å². The van der Waals surface area contributed by atoms with Gasteiger partial charge >= 0.3 is 0 Å². The summed E-state index contributed by atoms with van der Waals surface area (Å²) >= 11 is 0. The second-order valence-corrected chi connectivity index (χ2v) is 9.18. The molecule has 0 aliphatic carbocycles. The molecule has 0 aromatic rings. The summed E-state index contributed by atoms with van der Waals surface area (Å²) in [6.07, 6.45) is 9.56. The van der Waals surface area contributed by atoms with Gasteiger partial charge in [0, 0.05) is 13.2 Å². The molecule has 3 heterocycles. The van der Waals surface area contributed by atoms with E-state index in [2.05, 4.69) is 11.8 Å². The summed E-state index contributed by atoms with van der Waals surface area (Å²) in [6, 6.07) is 0. The molecule has 0 spiro atoms. The Morgan fingerprint density at radius 1 is 1.00 bits per heavy atom. The number of aliphatic hydroxyl groups excluding tert-OH is 1. The van der Waals surface area contributed by atoms with Crippen LogP contribution < -0.4 is 0 Å². The minimum Gasteiger partial charge on any atom is -0.387 e. The van der Waals surface area contributed by atoms with Crippen molar-refractivity contribution in [1.82, 2.24) is 4.90 Å². The maximum Gasteiger partial charge on any atom is 0.224 e. The highest BCUT2D eigenvalue weighted by Gasteiger charge is 2.64. The van der Waals surface area contributed by atoms with Gasteiger partial charge in [-0.3, -0.25) is 0 Å². The van der Waals surface area contributed by atoms with Crippen LogP contribution in [0.4, 0.5) is 0 Å². The minimum absolute atomic E-state index is 0.299. The van der Waals surface area contributed by atoms with Crippen LogP contribution in [-0.2, 0) is 18.9 Å². The van der Waals surface area contributed by atoms with E-state index >= 15 is 0 Å². The lowest BCUT2D eigenvalue weighted by Gasteiger charge is -2.30. The second kappa shape index (κ2) is 10.2. The molecule has 3 aliphatic rings. The first kappa shape index (κ1) is 22.4. The number of hydrogen-bond acceptors (Lipinski definition) is 6. The quantitative estimate of drug-likeness (QED) is 0.568. The number of fused-ring (bicyclic) bond motifs is 1. The molecule has 0 radical (unpaired) electrons. The SMILES string of the molecule is CCCCCCCOC[C@@]12O[C@@H](CN3CCCCCC3)[C@@H](O)[C@@H]1OC(C)(C)O2. The molecule has 6 heteroatoms. The zero-order valence-electron chi connectivity index (χ0n) is 18.2. The fraction of sp³-hybridized carbons (Fsp3) is 1.00. The fourth-order valence-electron chi connectivity index (χ4n) is 4.72. The van der Waals surface area contributed by atoms with Crippen molar-refractivity contribution in [3.63, 3.8) is 0 Å². The number of ether oxygens (including phenoxy) is 4. The Labute approximate surface area is 170 Å². The lowest BCUT2D eigenvalue weighted by Crippen LogP contribution is -2.45. The molecule has 0 aromatic heterocycles. The van der Waals surface area contributed by atoms with E-state index in [0.717, 1.165) is 26.1 Å². The van der Waals surface area contributed by atoms with E-state index in [0.29, 0.717) is 13.2 Å². The highest BCUT2D eigenvalue weighted by molar-refractivity contribution is 5.03. The van der Waals surface area contributed by atoms with Crippen molar-refractivity contribution in [2.45, 2.75) is 108 Å². The van der Waals surface area contributed by atoms with Gasteiger partial charge in [0.05, 0.1) is 0 Å². The van der Waals surface area contributed by atoms with Gasteiger partial charge in [0.15, 0.2) is 5.79 Å². The molecule has 3 saturated heterocycles. The summed E-state index contributed by atoms with van der Waals surface area (Å²) in [6.45, 7) is 9.84. The molecule has 4 atom stereocenters. The summed E-state index contributed by atoms with van der Waals surface area (Å²) in [7, 11) is 0. The van der Waals surface area contributed by atoms with Crippen LogP contribution in [0.15, 0.2) is 0 Å². The first-order valence-electron chi connectivity index (χ1n) is 11.5.